The maximum Gasteiger partial charge on any atom is 0.108 e. The molecule has 2 saturated heterocycles. The molecule has 0 amide bonds. The Balaban J connectivity index is 2.02. The molecule has 4 atom stereocenters. The molecule has 2 N–H and O–H groups in total. The lowest BCUT2D eigenvalue weighted by Gasteiger charge is -2.40. The van der Waals surface area contributed by atoms with Crippen LogP contribution in [-0.2, 0) is 4.74 Å². The highest BCUT2D eigenvalue weighted by atomic mass is 16.5. The minimum Gasteiger partial charge on any atom is -0.385 e. The minimum absolute atomic E-state index is 0.0226. The molecule has 0 aromatic rings. The fourth-order valence-corrected chi connectivity index (χ4v) is 2.95. The summed E-state index contributed by atoms with van der Waals surface area (Å²) in [6.45, 7) is 5.97. The van der Waals surface area contributed by atoms with E-state index in [9.17, 15) is 5.11 Å². The molecule has 2 fully saturated rings. The van der Waals surface area contributed by atoms with Gasteiger partial charge in [-0.05, 0) is 32.2 Å². The van der Waals surface area contributed by atoms with Gasteiger partial charge in [-0.1, -0.05) is 13.3 Å². The summed E-state index contributed by atoms with van der Waals surface area (Å²) in [6.07, 6.45) is 4.33. The average Bonchev–Trinajstić information content (AvgIpc) is 2.61. The molecule has 0 spiro atoms. The molecule has 2 aliphatic rings. The molecule has 2 aliphatic heterocycles. The van der Waals surface area contributed by atoms with Crippen molar-refractivity contribution in [1.29, 1.82) is 0 Å². The van der Waals surface area contributed by atoms with Crippen LogP contribution in [0.4, 0.5) is 0 Å². The minimum atomic E-state index is -0.631. The molecule has 3 nitrogen and oxygen atoms in total. The third-order valence-electron chi connectivity index (χ3n) is 4.27. The largest absolute Gasteiger partial charge is 0.385 e. The lowest BCUT2D eigenvalue weighted by atomic mass is 9.78. The quantitative estimate of drug-likeness (QED) is 0.726. The SMILES string of the molecule is CCC1CCNC(C2(O)CCOC2C)C1. The Morgan fingerprint density at radius 1 is 1.53 bits per heavy atom. The molecule has 0 aromatic carbocycles. The Kier molecular flexibility index (Phi) is 3.33. The number of hydrogen-bond donors (Lipinski definition) is 2. The van der Waals surface area contributed by atoms with Crippen LogP contribution in [0.2, 0.25) is 0 Å². The predicted octanol–water partition coefficient (Wildman–Crippen LogP) is 1.30. The van der Waals surface area contributed by atoms with E-state index in [0.29, 0.717) is 6.61 Å². The van der Waals surface area contributed by atoms with E-state index in [1.807, 2.05) is 6.92 Å². The standard InChI is InChI=1S/C12H23NO2/c1-3-10-4-6-13-11(8-10)12(14)5-7-15-9(12)2/h9-11,13-14H,3-8H2,1-2H3. The first-order valence-corrected chi connectivity index (χ1v) is 6.24. The van der Waals surface area contributed by atoms with Gasteiger partial charge in [-0.2, -0.15) is 0 Å². The fraction of sp³-hybridized carbons (Fsp3) is 1.00. The maximum absolute atomic E-state index is 10.6. The van der Waals surface area contributed by atoms with Gasteiger partial charge in [0.25, 0.3) is 0 Å². The Bertz CT molecular complexity index is 222. The molecule has 15 heavy (non-hydrogen) atoms. The lowest BCUT2D eigenvalue weighted by Crippen LogP contribution is -2.57. The first kappa shape index (κ1) is 11.4. The van der Waals surface area contributed by atoms with Crippen LogP contribution < -0.4 is 5.32 Å². The summed E-state index contributed by atoms with van der Waals surface area (Å²) >= 11 is 0. The zero-order chi connectivity index (χ0) is 10.9. The Hall–Kier alpha value is -0.120. The zero-order valence-electron chi connectivity index (χ0n) is 9.83. The number of hydrogen-bond acceptors (Lipinski definition) is 3. The zero-order valence-corrected chi connectivity index (χ0v) is 9.83. The van der Waals surface area contributed by atoms with Gasteiger partial charge in [0.15, 0.2) is 0 Å². The van der Waals surface area contributed by atoms with Crippen molar-refractivity contribution < 1.29 is 9.84 Å². The van der Waals surface area contributed by atoms with Crippen LogP contribution in [0.1, 0.15) is 39.5 Å². The van der Waals surface area contributed by atoms with Crippen LogP contribution in [0.25, 0.3) is 0 Å². The summed E-state index contributed by atoms with van der Waals surface area (Å²) in [5, 5.41) is 14.1. The second kappa shape index (κ2) is 4.40. The van der Waals surface area contributed by atoms with Crippen LogP contribution in [0.15, 0.2) is 0 Å². The second-order valence-corrected chi connectivity index (χ2v) is 5.06. The molecule has 0 radical (unpaired) electrons. The van der Waals surface area contributed by atoms with Gasteiger partial charge in [-0.15, -0.1) is 0 Å². The highest BCUT2D eigenvalue weighted by Gasteiger charge is 2.47. The Morgan fingerprint density at radius 2 is 2.33 bits per heavy atom. The normalized spacial score (nSPS) is 47.0. The number of nitrogens with one attached hydrogen (secondary N) is 1. The van der Waals surface area contributed by atoms with E-state index in [4.69, 9.17) is 4.74 Å². The lowest BCUT2D eigenvalue weighted by molar-refractivity contribution is -0.0636. The molecule has 4 unspecified atom stereocenters. The molecule has 88 valence electrons. The number of rotatable bonds is 2. The monoisotopic (exact) mass is 213 g/mol. The van der Waals surface area contributed by atoms with E-state index in [0.717, 1.165) is 25.3 Å². The van der Waals surface area contributed by atoms with E-state index < -0.39 is 5.60 Å². The van der Waals surface area contributed by atoms with Gasteiger partial charge in [0, 0.05) is 19.1 Å². The topological polar surface area (TPSA) is 41.5 Å². The van der Waals surface area contributed by atoms with E-state index >= 15 is 0 Å². The van der Waals surface area contributed by atoms with Crippen molar-refractivity contribution in [2.45, 2.75) is 57.3 Å². The number of ether oxygens (including phenoxy) is 1. The van der Waals surface area contributed by atoms with Crippen LogP contribution in [0.3, 0.4) is 0 Å². The first-order chi connectivity index (χ1) is 7.16. The molecule has 0 aliphatic carbocycles. The van der Waals surface area contributed by atoms with E-state index in [1.165, 1.54) is 12.8 Å². The van der Waals surface area contributed by atoms with Crippen LogP contribution in [0.5, 0.6) is 0 Å². The summed E-state index contributed by atoms with van der Waals surface area (Å²) in [5.41, 5.74) is -0.631. The molecule has 0 bridgehead atoms. The van der Waals surface area contributed by atoms with Crippen molar-refractivity contribution in [1.82, 2.24) is 5.32 Å². The van der Waals surface area contributed by atoms with Gasteiger partial charge >= 0.3 is 0 Å². The summed E-state index contributed by atoms with van der Waals surface area (Å²) in [5.74, 6) is 0.771. The highest BCUT2D eigenvalue weighted by Crippen LogP contribution is 2.34. The van der Waals surface area contributed by atoms with Crippen molar-refractivity contribution in [3.05, 3.63) is 0 Å². The molecular weight excluding hydrogens is 190 g/mol. The van der Waals surface area contributed by atoms with Gasteiger partial charge < -0.3 is 15.2 Å². The maximum atomic E-state index is 10.6. The number of aliphatic hydroxyl groups is 1. The molecule has 3 heteroatoms. The van der Waals surface area contributed by atoms with E-state index in [1.54, 1.807) is 0 Å². The molecule has 2 rings (SSSR count). The molecular formula is C12H23NO2. The van der Waals surface area contributed by atoms with Gasteiger partial charge in [0.2, 0.25) is 0 Å². The summed E-state index contributed by atoms with van der Waals surface area (Å²) < 4.78 is 5.50. The van der Waals surface area contributed by atoms with Crippen molar-refractivity contribution in [3.63, 3.8) is 0 Å². The van der Waals surface area contributed by atoms with Crippen LogP contribution >= 0.6 is 0 Å². The average molecular weight is 213 g/mol. The Labute approximate surface area is 92.2 Å². The van der Waals surface area contributed by atoms with E-state index in [2.05, 4.69) is 12.2 Å². The van der Waals surface area contributed by atoms with Gasteiger partial charge in [0.1, 0.15) is 5.60 Å². The van der Waals surface area contributed by atoms with Gasteiger partial charge in [0.05, 0.1) is 6.10 Å². The number of piperidine rings is 1. The summed E-state index contributed by atoms with van der Waals surface area (Å²) in [4.78, 5) is 0. The summed E-state index contributed by atoms with van der Waals surface area (Å²) in [6, 6.07) is 0.230. The third-order valence-corrected chi connectivity index (χ3v) is 4.27. The molecule has 0 saturated carbocycles. The van der Waals surface area contributed by atoms with Crippen molar-refractivity contribution in [3.8, 4) is 0 Å². The van der Waals surface area contributed by atoms with Crippen molar-refractivity contribution in [2.24, 2.45) is 5.92 Å². The van der Waals surface area contributed by atoms with Crippen molar-refractivity contribution in [2.75, 3.05) is 13.2 Å². The highest BCUT2D eigenvalue weighted by molar-refractivity contribution is 5.01. The van der Waals surface area contributed by atoms with Gasteiger partial charge in [-0.3, -0.25) is 0 Å². The summed E-state index contributed by atoms with van der Waals surface area (Å²) in [7, 11) is 0. The molecule has 0 aromatic heterocycles. The van der Waals surface area contributed by atoms with Gasteiger partial charge in [-0.25, -0.2) is 0 Å². The second-order valence-electron chi connectivity index (χ2n) is 5.06. The Morgan fingerprint density at radius 3 is 2.93 bits per heavy atom. The smallest absolute Gasteiger partial charge is 0.108 e. The van der Waals surface area contributed by atoms with Crippen molar-refractivity contribution >= 4 is 0 Å². The first-order valence-electron chi connectivity index (χ1n) is 6.24. The van der Waals surface area contributed by atoms with Crippen LogP contribution in [-0.4, -0.2) is 36.0 Å². The van der Waals surface area contributed by atoms with Crippen LogP contribution in [0, 0.1) is 5.92 Å². The molecule has 2 heterocycles. The fourth-order valence-electron chi connectivity index (χ4n) is 2.95. The third kappa shape index (κ3) is 2.05. The van der Waals surface area contributed by atoms with E-state index in [-0.39, 0.29) is 12.1 Å². The predicted molar refractivity (Wildman–Crippen MR) is 59.8 cm³/mol.